The predicted molar refractivity (Wildman–Crippen MR) is 43.9 cm³/mol. The van der Waals surface area contributed by atoms with Crippen molar-refractivity contribution < 1.29 is 13.9 Å². The Morgan fingerprint density at radius 3 is 2.46 bits per heavy atom. The summed E-state index contributed by atoms with van der Waals surface area (Å²) in [4.78, 5) is 3.39. The fourth-order valence-corrected chi connectivity index (χ4v) is 0.917. The van der Waals surface area contributed by atoms with Crippen LogP contribution in [0.2, 0.25) is 0 Å². The summed E-state index contributed by atoms with van der Waals surface area (Å²) < 4.78 is 24.3. The molecule has 0 aliphatic heterocycles. The lowest BCUT2D eigenvalue weighted by atomic mass is 10.2. The molecule has 1 aromatic rings. The number of nitrogens with zero attached hydrogens (tertiary/aromatic N) is 1. The highest BCUT2D eigenvalue weighted by Crippen LogP contribution is 2.24. The highest BCUT2D eigenvalue weighted by atomic mass is 19.3. The Labute approximate surface area is 73.2 Å². The van der Waals surface area contributed by atoms with E-state index in [0.717, 1.165) is 6.07 Å². The topological polar surface area (TPSA) is 85.2 Å². The van der Waals surface area contributed by atoms with E-state index < -0.39 is 18.7 Å². The molecule has 0 fully saturated rings. The molecule has 0 aliphatic carbocycles. The van der Waals surface area contributed by atoms with Crippen LogP contribution in [0.3, 0.4) is 0 Å². The van der Waals surface area contributed by atoms with E-state index in [-0.39, 0.29) is 17.1 Å². The van der Waals surface area contributed by atoms with Crippen LogP contribution in [-0.4, -0.2) is 10.1 Å². The van der Waals surface area contributed by atoms with Crippen molar-refractivity contribution in [1.82, 2.24) is 4.98 Å². The molecule has 1 aromatic heterocycles. The van der Waals surface area contributed by atoms with Gasteiger partial charge in [0.2, 0.25) is 0 Å². The number of anilines is 2. The van der Waals surface area contributed by atoms with Crippen LogP contribution in [0.25, 0.3) is 0 Å². The molecule has 5 N–H and O–H groups in total. The van der Waals surface area contributed by atoms with E-state index in [1.165, 1.54) is 0 Å². The summed E-state index contributed by atoms with van der Waals surface area (Å²) in [6, 6.07) is 1.01. The third-order valence-electron chi connectivity index (χ3n) is 1.59. The van der Waals surface area contributed by atoms with Crippen molar-refractivity contribution in [2.24, 2.45) is 0 Å². The Morgan fingerprint density at radius 2 is 2.08 bits per heavy atom. The number of alkyl halides is 2. The van der Waals surface area contributed by atoms with Crippen molar-refractivity contribution in [3.8, 4) is 0 Å². The van der Waals surface area contributed by atoms with Gasteiger partial charge in [-0.15, -0.1) is 0 Å². The van der Waals surface area contributed by atoms with E-state index in [1.54, 1.807) is 0 Å². The van der Waals surface area contributed by atoms with Gasteiger partial charge < -0.3 is 16.6 Å². The summed E-state index contributed by atoms with van der Waals surface area (Å²) in [5.74, 6) is -0.155. The monoisotopic (exact) mass is 189 g/mol. The van der Waals surface area contributed by atoms with Crippen LogP contribution < -0.4 is 11.5 Å². The van der Waals surface area contributed by atoms with Gasteiger partial charge >= 0.3 is 0 Å². The summed E-state index contributed by atoms with van der Waals surface area (Å²) in [5, 5.41) is 8.74. The second-order valence-corrected chi connectivity index (χ2v) is 2.46. The largest absolute Gasteiger partial charge is 0.398 e. The molecule has 0 saturated heterocycles. The van der Waals surface area contributed by atoms with E-state index in [2.05, 4.69) is 4.98 Å². The number of pyridine rings is 1. The van der Waals surface area contributed by atoms with Crippen LogP contribution in [0.1, 0.15) is 17.7 Å². The van der Waals surface area contributed by atoms with Crippen molar-refractivity contribution in [3.63, 3.8) is 0 Å². The summed E-state index contributed by atoms with van der Waals surface area (Å²) in [5.41, 5.74) is 10.4. The van der Waals surface area contributed by atoms with E-state index in [9.17, 15) is 8.78 Å². The Hall–Kier alpha value is -1.43. The first-order valence-electron chi connectivity index (χ1n) is 3.50. The van der Waals surface area contributed by atoms with Gasteiger partial charge in [-0.1, -0.05) is 0 Å². The zero-order valence-corrected chi connectivity index (χ0v) is 6.67. The smallest absolute Gasteiger partial charge is 0.280 e. The fourth-order valence-electron chi connectivity index (χ4n) is 0.917. The average Bonchev–Trinajstić information content (AvgIpc) is 2.03. The third-order valence-corrected chi connectivity index (χ3v) is 1.59. The van der Waals surface area contributed by atoms with Crippen LogP contribution in [0.5, 0.6) is 0 Å². The molecule has 0 spiro atoms. The van der Waals surface area contributed by atoms with E-state index in [0.29, 0.717) is 0 Å². The first-order chi connectivity index (χ1) is 6.06. The highest BCUT2D eigenvalue weighted by Gasteiger charge is 2.13. The Kier molecular flexibility index (Phi) is 2.62. The Morgan fingerprint density at radius 1 is 1.46 bits per heavy atom. The van der Waals surface area contributed by atoms with Crippen molar-refractivity contribution in [3.05, 3.63) is 17.3 Å². The molecule has 1 heterocycles. The second-order valence-electron chi connectivity index (χ2n) is 2.46. The van der Waals surface area contributed by atoms with Crippen molar-refractivity contribution >= 4 is 11.5 Å². The van der Waals surface area contributed by atoms with E-state index >= 15 is 0 Å². The lowest BCUT2D eigenvalue weighted by Gasteiger charge is -2.07. The zero-order valence-electron chi connectivity index (χ0n) is 6.67. The molecule has 13 heavy (non-hydrogen) atoms. The van der Waals surface area contributed by atoms with Gasteiger partial charge in [-0.3, -0.25) is 0 Å². The molecular formula is C7H9F2N3O. The maximum absolute atomic E-state index is 12.1. The Balaban J connectivity index is 3.20. The highest BCUT2D eigenvalue weighted by molar-refractivity contribution is 5.58. The van der Waals surface area contributed by atoms with Crippen LogP contribution in [0.15, 0.2) is 6.07 Å². The molecule has 72 valence electrons. The minimum absolute atomic E-state index is 0.0327. The summed E-state index contributed by atoms with van der Waals surface area (Å²) >= 11 is 0. The maximum atomic E-state index is 12.1. The van der Waals surface area contributed by atoms with E-state index in [4.69, 9.17) is 16.6 Å². The number of nitrogens with two attached hydrogens (primary N) is 2. The lowest BCUT2D eigenvalue weighted by molar-refractivity contribution is 0.146. The average molecular weight is 189 g/mol. The molecule has 0 bridgehead atoms. The second kappa shape index (κ2) is 3.53. The molecule has 1 rings (SSSR count). The van der Waals surface area contributed by atoms with Crippen LogP contribution >= 0.6 is 0 Å². The van der Waals surface area contributed by atoms with Gasteiger partial charge in [-0.2, -0.15) is 0 Å². The van der Waals surface area contributed by atoms with Crippen molar-refractivity contribution in [1.29, 1.82) is 0 Å². The number of rotatable bonds is 2. The number of nitrogen functional groups attached to an aromatic ring is 2. The molecule has 0 unspecified atom stereocenters. The number of aliphatic hydroxyl groups is 1. The normalized spacial score (nSPS) is 10.8. The quantitative estimate of drug-likeness (QED) is 0.638. The number of aliphatic hydroxyl groups excluding tert-OH is 1. The number of halogens is 2. The SMILES string of the molecule is Nc1cc(C(F)F)nc(N)c1CO. The Bertz CT molecular complexity index is 294. The predicted octanol–water partition coefficient (Wildman–Crippen LogP) is 0.676. The minimum atomic E-state index is -2.71. The van der Waals surface area contributed by atoms with Crippen molar-refractivity contribution in [2.45, 2.75) is 13.0 Å². The van der Waals surface area contributed by atoms with Gasteiger partial charge in [0.05, 0.1) is 6.61 Å². The fraction of sp³-hybridized carbons (Fsp3) is 0.286. The summed E-state index contributed by atoms with van der Waals surface area (Å²) in [7, 11) is 0. The molecule has 0 radical (unpaired) electrons. The zero-order chi connectivity index (χ0) is 10.0. The molecule has 0 atom stereocenters. The molecule has 0 amide bonds. The van der Waals surface area contributed by atoms with Gasteiger partial charge in [-0.25, -0.2) is 13.8 Å². The van der Waals surface area contributed by atoms with Gasteiger partial charge in [0.15, 0.2) is 0 Å². The number of hydrogen-bond donors (Lipinski definition) is 3. The number of hydrogen-bond acceptors (Lipinski definition) is 4. The standard InChI is InChI=1S/C7H9F2N3O/c8-6(9)5-1-4(10)3(2-13)7(11)12-5/h1,6,13H,2H2,(H4,10,11,12). The molecule has 0 aliphatic rings. The molecule has 4 nitrogen and oxygen atoms in total. The maximum Gasteiger partial charge on any atom is 0.280 e. The molecule has 0 aromatic carbocycles. The van der Waals surface area contributed by atoms with Crippen LogP contribution in [0.4, 0.5) is 20.3 Å². The first kappa shape index (κ1) is 9.66. The third kappa shape index (κ3) is 1.83. The van der Waals surface area contributed by atoms with Crippen LogP contribution in [0, 0.1) is 0 Å². The van der Waals surface area contributed by atoms with Gasteiger partial charge in [-0.05, 0) is 6.07 Å². The van der Waals surface area contributed by atoms with Crippen LogP contribution in [-0.2, 0) is 6.61 Å². The first-order valence-corrected chi connectivity index (χ1v) is 3.50. The molecule has 0 saturated carbocycles. The van der Waals surface area contributed by atoms with Crippen molar-refractivity contribution in [2.75, 3.05) is 11.5 Å². The molecular weight excluding hydrogens is 180 g/mol. The van der Waals surface area contributed by atoms with Gasteiger partial charge in [0.1, 0.15) is 11.5 Å². The van der Waals surface area contributed by atoms with Gasteiger partial charge in [0.25, 0.3) is 6.43 Å². The molecule has 6 heteroatoms. The summed E-state index contributed by atoms with van der Waals surface area (Å²) in [6.07, 6.45) is -2.71. The minimum Gasteiger partial charge on any atom is -0.398 e. The van der Waals surface area contributed by atoms with Gasteiger partial charge in [0, 0.05) is 11.3 Å². The van der Waals surface area contributed by atoms with E-state index in [1.807, 2.05) is 0 Å². The lowest BCUT2D eigenvalue weighted by Crippen LogP contribution is -2.05. The number of aromatic nitrogens is 1. The summed E-state index contributed by atoms with van der Waals surface area (Å²) in [6.45, 7) is -0.409.